The Hall–Kier alpha value is -1.67. The molecule has 0 radical (unpaired) electrons. The summed E-state index contributed by atoms with van der Waals surface area (Å²) in [6.45, 7) is 2.86. The molecule has 0 aliphatic carbocycles. The Morgan fingerprint density at radius 1 is 1.33 bits per heavy atom. The van der Waals surface area contributed by atoms with Crippen molar-refractivity contribution in [2.24, 2.45) is 5.73 Å². The third-order valence-corrected chi connectivity index (χ3v) is 3.23. The van der Waals surface area contributed by atoms with Crippen LogP contribution in [0.1, 0.15) is 26.2 Å². The first kappa shape index (κ1) is 17.4. The molecule has 1 amide bonds. The van der Waals surface area contributed by atoms with Gasteiger partial charge in [-0.3, -0.25) is 9.59 Å². The molecule has 1 fully saturated rings. The molecule has 0 spiro atoms. The molecular formula is C13H22N2O6. The van der Waals surface area contributed by atoms with Crippen LogP contribution in [-0.4, -0.2) is 66.3 Å². The molecule has 0 aromatic rings. The second-order valence-electron chi connectivity index (χ2n) is 4.77. The topological polar surface area (TPSA) is 119 Å². The van der Waals surface area contributed by atoms with E-state index in [1.165, 1.54) is 4.90 Å². The number of hydrogen-bond donors (Lipinski definition) is 2. The number of amides is 1. The maximum Gasteiger partial charge on any atom is 0.332 e. The Bertz CT molecular complexity index is 379. The van der Waals surface area contributed by atoms with Crippen molar-refractivity contribution in [2.45, 2.75) is 38.3 Å². The summed E-state index contributed by atoms with van der Waals surface area (Å²) in [7, 11) is 0. The van der Waals surface area contributed by atoms with Gasteiger partial charge in [-0.05, 0) is 19.8 Å². The Morgan fingerprint density at radius 2 is 1.95 bits per heavy atom. The minimum absolute atomic E-state index is 0.0348. The predicted octanol–water partition coefficient (Wildman–Crippen LogP) is -0.641. The molecule has 0 aromatic heterocycles. The lowest BCUT2D eigenvalue weighted by atomic mass is 10.1. The second kappa shape index (κ2) is 8.58. The summed E-state index contributed by atoms with van der Waals surface area (Å²) in [6.07, 6.45) is 1.10. The van der Waals surface area contributed by atoms with Crippen LogP contribution in [0.3, 0.4) is 0 Å². The van der Waals surface area contributed by atoms with Gasteiger partial charge in [0.1, 0.15) is 0 Å². The van der Waals surface area contributed by atoms with E-state index in [2.05, 4.69) is 0 Å². The molecule has 0 saturated carbocycles. The summed E-state index contributed by atoms with van der Waals surface area (Å²) < 4.78 is 10.1. The van der Waals surface area contributed by atoms with E-state index in [0.717, 1.165) is 0 Å². The van der Waals surface area contributed by atoms with Crippen LogP contribution in [0.25, 0.3) is 0 Å². The predicted molar refractivity (Wildman–Crippen MR) is 72.4 cm³/mol. The van der Waals surface area contributed by atoms with Gasteiger partial charge in [0.25, 0.3) is 5.91 Å². The van der Waals surface area contributed by atoms with Crippen molar-refractivity contribution in [3.8, 4) is 0 Å². The molecule has 0 bridgehead atoms. The van der Waals surface area contributed by atoms with Crippen LogP contribution >= 0.6 is 0 Å². The van der Waals surface area contributed by atoms with Crippen LogP contribution in [-0.2, 0) is 23.9 Å². The molecule has 0 aromatic carbocycles. The Balaban J connectivity index is 2.33. The van der Waals surface area contributed by atoms with Crippen molar-refractivity contribution in [3.63, 3.8) is 0 Å². The number of esters is 1. The van der Waals surface area contributed by atoms with E-state index in [-0.39, 0.29) is 25.7 Å². The van der Waals surface area contributed by atoms with Gasteiger partial charge in [0.15, 0.2) is 6.04 Å². The number of rotatable bonds is 7. The van der Waals surface area contributed by atoms with Gasteiger partial charge >= 0.3 is 11.9 Å². The summed E-state index contributed by atoms with van der Waals surface area (Å²) in [5.74, 6) is -2.07. The fraction of sp³-hybridized carbons (Fsp3) is 0.769. The fourth-order valence-corrected chi connectivity index (χ4v) is 2.09. The van der Waals surface area contributed by atoms with Gasteiger partial charge in [-0.25, -0.2) is 4.79 Å². The summed E-state index contributed by atoms with van der Waals surface area (Å²) >= 11 is 0. The van der Waals surface area contributed by atoms with Crippen molar-refractivity contribution in [1.29, 1.82) is 0 Å². The maximum atomic E-state index is 12.0. The van der Waals surface area contributed by atoms with Crippen LogP contribution in [0.2, 0.25) is 0 Å². The molecule has 8 nitrogen and oxygen atoms in total. The Morgan fingerprint density at radius 3 is 2.48 bits per heavy atom. The minimum Gasteiger partial charge on any atom is -0.481 e. The van der Waals surface area contributed by atoms with E-state index in [0.29, 0.717) is 25.9 Å². The highest BCUT2D eigenvalue weighted by Gasteiger charge is 2.31. The molecule has 1 aliphatic rings. The molecule has 120 valence electrons. The van der Waals surface area contributed by atoms with Gasteiger partial charge in [0, 0.05) is 13.1 Å². The first-order valence-corrected chi connectivity index (χ1v) is 7.00. The zero-order valence-electron chi connectivity index (χ0n) is 12.1. The van der Waals surface area contributed by atoms with E-state index in [1.54, 1.807) is 6.92 Å². The summed E-state index contributed by atoms with van der Waals surface area (Å²) in [6, 6.07) is -1.28. The Labute approximate surface area is 123 Å². The first-order chi connectivity index (χ1) is 9.95. The van der Waals surface area contributed by atoms with Crippen molar-refractivity contribution >= 4 is 17.8 Å². The smallest absolute Gasteiger partial charge is 0.332 e. The molecule has 1 unspecified atom stereocenters. The van der Waals surface area contributed by atoms with Crippen LogP contribution in [0.4, 0.5) is 0 Å². The molecule has 1 aliphatic heterocycles. The van der Waals surface area contributed by atoms with Gasteiger partial charge in [-0.2, -0.15) is 0 Å². The standard InChI is InChI=1S/C13H22N2O6/c1-2-20-13(19)11(14)12(18)15-6-3-9(4-7-15)21-8-5-10(16)17/h9,11H,2-8,14H2,1H3,(H,16,17). The van der Waals surface area contributed by atoms with Crippen LogP contribution < -0.4 is 5.73 Å². The number of carbonyl (C=O) groups excluding carboxylic acids is 2. The third kappa shape index (κ3) is 5.68. The van der Waals surface area contributed by atoms with Crippen molar-refractivity contribution in [1.82, 2.24) is 4.90 Å². The fourth-order valence-electron chi connectivity index (χ4n) is 2.09. The van der Waals surface area contributed by atoms with Gasteiger partial charge in [0.2, 0.25) is 0 Å². The summed E-state index contributed by atoms with van der Waals surface area (Å²) in [5, 5.41) is 8.52. The number of carboxylic acids is 1. The number of ether oxygens (including phenoxy) is 2. The lowest BCUT2D eigenvalue weighted by Crippen LogP contribution is -2.51. The molecule has 1 atom stereocenters. The van der Waals surface area contributed by atoms with Gasteiger partial charge in [-0.1, -0.05) is 0 Å². The Kier molecular flexibility index (Phi) is 7.10. The zero-order valence-corrected chi connectivity index (χ0v) is 12.1. The first-order valence-electron chi connectivity index (χ1n) is 7.00. The average molecular weight is 302 g/mol. The molecule has 1 saturated heterocycles. The molecule has 1 heterocycles. The third-order valence-electron chi connectivity index (χ3n) is 3.23. The molecule has 1 rings (SSSR count). The molecule has 3 N–H and O–H groups in total. The minimum atomic E-state index is -1.28. The van der Waals surface area contributed by atoms with E-state index >= 15 is 0 Å². The van der Waals surface area contributed by atoms with Crippen molar-refractivity contribution < 1.29 is 29.0 Å². The molecule has 8 heteroatoms. The number of nitrogens with zero attached hydrogens (tertiary/aromatic N) is 1. The quantitative estimate of drug-likeness (QED) is 0.474. The summed E-state index contributed by atoms with van der Waals surface area (Å²) in [4.78, 5) is 35.3. The summed E-state index contributed by atoms with van der Waals surface area (Å²) in [5.41, 5.74) is 5.56. The highest BCUT2D eigenvalue weighted by Crippen LogP contribution is 2.15. The van der Waals surface area contributed by atoms with E-state index in [1.807, 2.05) is 0 Å². The van der Waals surface area contributed by atoms with Crippen LogP contribution in [0, 0.1) is 0 Å². The highest BCUT2D eigenvalue weighted by atomic mass is 16.5. The highest BCUT2D eigenvalue weighted by molar-refractivity contribution is 6.01. The lowest BCUT2D eigenvalue weighted by molar-refractivity contribution is -0.151. The zero-order chi connectivity index (χ0) is 15.8. The van der Waals surface area contributed by atoms with Gasteiger partial charge < -0.3 is 25.2 Å². The van der Waals surface area contributed by atoms with Crippen molar-refractivity contribution in [2.75, 3.05) is 26.3 Å². The largest absolute Gasteiger partial charge is 0.481 e. The van der Waals surface area contributed by atoms with Crippen LogP contribution in [0.15, 0.2) is 0 Å². The molecular weight excluding hydrogens is 280 g/mol. The van der Waals surface area contributed by atoms with E-state index < -0.39 is 23.9 Å². The number of carbonyl (C=O) groups is 3. The van der Waals surface area contributed by atoms with Crippen molar-refractivity contribution in [3.05, 3.63) is 0 Å². The average Bonchev–Trinajstić information content (AvgIpc) is 2.46. The number of piperidine rings is 1. The van der Waals surface area contributed by atoms with E-state index in [4.69, 9.17) is 20.3 Å². The monoisotopic (exact) mass is 302 g/mol. The normalized spacial score (nSPS) is 17.3. The maximum absolute atomic E-state index is 12.0. The van der Waals surface area contributed by atoms with Crippen LogP contribution in [0.5, 0.6) is 0 Å². The number of aliphatic carboxylic acids is 1. The number of carboxylic acid groups (broad SMARTS) is 1. The van der Waals surface area contributed by atoms with Gasteiger partial charge in [0.05, 0.1) is 25.7 Å². The SMILES string of the molecule is CCOC(=O)C(N)C(=O)N1CCC(OCCC(=O)O)CC1. The number of nitrogens with two attached hydrogens (primary N) is 1. The van der Waals surface area contributed by atoms with E-state index in [9.17, 15) is 14.4 Å². The van der Waals surface area contributed by atoms with Gasteiger partial charge in [-0.15, -0.1) is 0 Å². The number of hydrogen-bond acceptors (Lipinski definition) is 6. The second-order valence-corrected chi connectivity index (χ2v) is 4.77. The molecule has 21 heavy (non-hydrogen) atoms. The lowest BCUT2D eigenvalue weighted by Gasteiger charge is -2.32. The number of likely N-dealkylation sites (tertiary alicyclic amines) is 1.